The normalized spacial score (nSPS) is 11.1. The summed E-state index contributed by atoms with van der Waals surface area (Å²) in [5, 5.41) is 0. The summed E-state index contributed by atoms with van der Waals surface area (Å²) in [7, 11) is 0. The van der Waals surface area contributed by atoms with Crippen LogP contribution in [0.2, 0.25) is 0 Å². The minimum atomic E-state index is -0.500. The van der Waals surface area contributed by atoms with Gasteiger partial charge in [-0.1, -0.05) is 36.4 Å². The van der Waals surface area contributed by atoms with Crippen LogP contribution < -0.4 is 0 Å². The molecule has 3 nitrogen and oxygen atoms in total. The van der Waals surface area contributed by atoms with Gasteiger partial charge in [-0.3, -0.25) is 0 Å². The van der Waals surface area contributed by atoms with Crippen LogP contribution in [0.1, 0.15) is 0 Å². The summed E-state index contributed by atoms with van der Waals surface area (Å²) in [5.74, 6) is 0.239. The van der Waals surface area contributed by atoms with Gasteiger partial charge in [0.25, 0.3) is 0 Å². The zero-order valence-electron chi connectivity index (χ0n) is 13.4. The minimum Gasteiger partial charge on any atom is -0.321 e. The van der Waals surface area contributed by atoms with Crippen molar-refractivity contribution in [1.29, 1.82) is 0 Å². The first-order valence-electron chi connectivity index (χ1n) is 8.00. The Bertz CT molecular complexity index is 1010. The average Bonchev–Trinajstić information content (AvgIpc) is 3.02. The highest BCUT2D eigenvalue weighted by Gasteiger charge is 2.12. The molecule has 0 aliphatic carbocycles. The number of aryl methyl sites for hydroxylation is 1. The molecule has 0 saturated carbocycles. The molecule has 4 rings (SSSR count). The van der Waals surface area contributed by atoms with E-state index in [4.69, 9.17) is 0 Å². The minimum absolute atomic E-state index is 0.263. The molecule has 0 unspecified atom stereocenters. The Hall–Kier alpha value is -3.08. The van der Waals surface area contributed by atoms with Crippen molar-refractivity contribution >= 4 is 11.0 Å². The van der Waals surface area contributed by atoms with Gasteiger partial charge >= 0.3 is 0 Å². The molecule has 0 spiro atoms. The maximum atomic E-state index is 13.0. The molecule has 0 aliphatic rings. The summed E-state index contributed by atoms with van der Waals surface area (Å²) < 4.78 is 27.9. The third-order valence-corrected chi connectivity index (χ3v) is 4.17. The molecule has 25 heavy (non-hydrogen) atoms. The lowest BCUT2D eigenvalue weighted by Crippen LogP contribution is -2.02. The lowest BCUT2D eigenvalue weighted by Gasteiger charge is -2.08. The quantitative estimate of drug-likeness (QED) is 0.498. The van der Waals surface area contributed by atoms with E-state index in [2.05, 4.69) is 9.97 Å². The van der Waals surface area contributed by atoms with Crippen LogP contribution in [0, 0.1) is 5.95 Å². The Labute approximate surface area is 143 Å². The smallest absolute Gasteiger partial charge is 0.212 e. The highest BCUT2D eigenvalue weighted by atomic mass is 19.1. The summed E-state index contributed by atoms with van der Waals surface area (Å²) >= 11 is 0. The molecular weight excluding hydrogens is 320 g/mol. The van der Waals surface area contributed by atoms with E-state index >= 15 is 0 Å². The number of para-hydroxylation sites is 2. The number of halogens is 2. The Kier molecular flexibility index (Phi) is 3.98. The van der Waals surface area contributed by atoms with Crippen LogP contribution in [-0.4, -0.2) is 21.2 Å². The first-order chi connectivity index (χ1) is 12.3. The number of alkyl halides is 1. The third-order valence-electron chi connectivity index (χ3n) is 4.17. The van der Waals surface area contributed by atoms with Crippen molar-refractivity contribution in [2.75, 3.05) is 6.67 Å². The molecule has 2 heterocycles. The van der Waals surface area contributed by atoms with Gasteiger partial charge in [0.1, 0.15) is 12.5 Å². The van der Waals surface area contributed by atoms with Crippen molar-refractivity contribution in [1.82, 2.24) is 14.5 Å². The zero-order valence-corrected chi connectivity index (χ0v) is 13.4. The van der Waals surface area contributed by atoms with Crippen molar-refractivity contribution in [3.63, 3.8) is 0 Å². The molecule has 0 aliphatic heterocycles. The molecule has 0 bridgehead atoms. The topological polar surface area (TPSA) is 30.7 Å². The van der Waals surface area contributed by atoms with E-state index in [9.17, 15) is 8.78 Å². The summed E-state index contributed by atoms with van der Waals surface area (Å²) in [4.78, 5) is 8.33. The lowest BCUT2D eigenvalue weighted by atomic mass is 10.1. The molecule has 4 aromatic rings. The fourth-order valence-corrected chi connectivity index (χ4v) is 2.97. The second kappa shape index (κ2) is 6.43. The second-order valence-corrected chi connectivity index (χ2v) is 5.71. The molecule has 0 fully saturated rings. The summed E-state index contributed by atoms with van der Waals surface area (Å²) in [5.41, 5.74) is 4.44. The predicted octanol–water partition coefficient (Wildman–Crippen LogP) is 4.87. The molecule has 5 heteroatoms. The summed E-state index contributed by atoms with van der Waals surface area (Å²) in [6.45, 7) is -0.188. The Morgan fingerprint density at radius 3 is 2.28 bits per heavy atom. The number of hydrogen-bond acceptors (Lipinski definition) is 2. The molecule has 124 valence electrons. The first kappa shape index (κ1) is 15.4. The van der Waals surface area contributed by atoms with Crippen molar-refractivity contribution in [2.45, 2.75) is 6.54 Å². The van der Waals surface area contributed by atoms with E-state index in [1.165, 1.54) is 12.3 Å². The molecule has 2 aromatic heterocycles. The fourth-order valence-electron chi connectivity index (χ4n) is 2.97. The van der Waals surface area contributed by atoms with Crippen molar-refractivity contribution < 1.29 is 8.78 Å². The van der Waals surface area contributed by atoms with Crippen LogP contribution in [0.3, 0.4) is 0 Å². The number of fused-ring (bicyclic) bond motifs is 1. The highest BCUT2D eigenvalue weighted by Crippen LogP contribution is 2.27. The molecule has 0 saturated heterocycles. The summed E-state index contributed by atoms with van der Waals surface area (Å²) in [6.07, 6.45) is 1.50. The van der Waals surface area contributed by atoms with Crippen LogP contribution in [0.25, 0.3) is 33.5 Å². The first-order valence-corrected chi connectivity index (χ1v) is 8.00. The number of imidazole rings is 1. The van der Waals surface area contributed by atoms with Gasteiger partial charge in [0.15, 0.2) is 0 Å². The van der Waals surface area contributed by atoms with Crippen LogP contribution in [0.5, 0.6) is 0 Å². The average molecular weight is 335 g/mol. The van der Waals surface area contributed by atoms with Gasteiger partial charge in [-0.2, -0.15) is 4.39 Å². The van der Waals surface area contributed by atoms with Crippen LogP contribution >= 0.6 is 0 Å². The second-order valence-electron chi connectivity index (χ2n) is 5.71. The maximum Gasteiger partial charge on any atom is 0.212 e. The number of benzene rings is 2. The van der Waals surface area contributed by atoms with Gasteiger partial charge < -0.3 is 4.57 Å². The van der Waals surface area contributed by atoms with Crippen LogP contribution in [0.15, 0.2) is 66.9 Å². The van der Waals surface area contributed by atoms with Gasteiger partial charge in [-0.25, -0.2) is 14.4 Å². The Morgan fingerprint density at radius 1 is 0.840 bits per heavy atom. The monoisotopic (exact) mass is 335 g/mol. The van der Waals surface area contributed by atoms with E-state index in [1.54, 1.807) is 6.07 Å². The summed E-state index contributed by atoms with van der Waals surface area (Å²) in [6, 6.07) is 18.5. The number of pyridine rings is 1. The highest BCUT2D eigenvalue weighted by molar-refractivity contribution is 5.81. The van der Waals surface area contributed by atoms with E-state index < -0.39 is 12.6 Å². The van der Waals surface area contributed by atoms with E-state index in [-0.39, 0.29) is 6.54 Å². The number of nitrogens with zero attached hydrogens (tertiary/aromatic N) is 3. The third kappa shape index (κ3) is 2.89. The van der Waals surface area contributed by atoms with Crippen molar-refractivity contribution in [3.05, 3.63) is 72.8 Å². The maximum absolute atomic E-state index is 13.0. The number of rotatable bonds is 4. The van der Waals surface area contributed by atoms with Gasteiger partial charge in [0.05, 0.1) is 17.6 Å². The van der Waals surface area contributed by atoms with Crippen LogP contribution in [0.4, 0.5) is 8.78 Å². The zero-order chi connectivity index (χ0) is 17.2. The predicted molar refractivity (Wildman–Crippen MR) is 94.3 cm³/mol. The van der Waals surface area contributed by atoms with E-state index in [0.29, 0.717) is 0 Å². The Morgan fingerprint density at radius 2 is 1.56 bits per heavy atom. The molecule has 0 radical (unpaired) electrons. The van der Waals surface area contributed by atoms with Crippen molar-refractivity contribution in [2.24, 2.45) is 0 Å². The largest absolute Gasteiger partial charge is 0.321 e. The van der Waals surface area contributed by atoms with Gasteiger partial charge in [-0.05, 0) is 29.8 Å². The molecular formula is C20H15F2N3. The van der Waals surface area contributed by atoms with E-state index in [0.717, 1.165) is 33.5 Å². The fraction of sp³-hybridized carbons (Fsp3) is 0.100. The molecule has 2 aromatic carbocycles. The van der Waals surface area contributed by atoms with E-state index in [1.807, 2.05) is 53.1 Å². The molecule has 0 atom stereocenters. The van der Waals surface area contributed by atoms with Gasteiger partial charge in [0.2, 0.25) is 5.95 Å². The number of hydrogen-bond donors (Lipinski definition) is 0. The SMILES string of the molecule is FCCn1c(-c2ccc(-c3ccc(F)nc3)cc2)nc2ccccc21. The van der Waals surface area contributed by atoms with Gasteiger partial charge in [0, 0.05) is 17.3 Å². The van der Waals surface area contributed by atoms with Crippen molar-refractivity contribution in [3.8, 4) is 22.5 Å². The molecule has 0 amide bonds. The number of aromatic nitrogens is 3. The lowest BCUT2D eigenvalue weighted by molar-refractivity contribution is 0.451. The van der Waals surface area contributed by atoms with Gasteiger partial charge in [-0.15, -0.1) is 0 Å². The van der Waals surface area contributed by atoms with Crippen LogP contribution in [-0.2, 0) is 6.54 Å². The molecule has 0 N–H and O–H groups in total. The Balaban J connectivity index is 1.76. The standard InChI is InChI=1S/C20H15F2N3/c21-11-12-25-18-4-2-1-3-17(18)24-20(25)15-7-5-14(6-8-15)16-9-10-19(22)23-13-16/h1-10,13H,11-12H2.